The van der Waals surface area contributed by atoms with Gasteiger partial charge in [0.2, 0.25) is 0 Å². The molecule has 1 aromatic rings. The quantitative estimate of drug-likeness (QED) is 0.881. The largest absolute Gasteiger partial charge is 0.379 e. The van der Waals surface area contributed by atoms with Crippen molar-refractivity contribution in [1.29, 1.82) is 0 Å². The van der Waals surface area contributed by atoms with E-state index in [0.717, 1.165) is 5.56 Å². The molecule has 1 aromatic heterocycles. The maximum absolute atomic E-state index is 11.9. The Hall–Kier alpha value is -0.420. The average molecular weight is 246 g/mol. The number of thiophene rings is 1. The van der Waals surface area contributed by atoms with Crippen LogP contribution in [0.3, 0.4) is 0 Å². The van der Waals surface area contributed by atoms with Gasteiger partial charge in [-0.3, -0.25) is 4.79 Å². The summed E-state index contributed by atoms with van der Waals surface area (Å²) in [5, 5.41) is 1.89. The van der Waals surface area contributed by atoms with E-state index in [2.05, 4.69) is 0 Å². The first-order valence-electron chi connectivity index (χ1n) is 4.73. The average Bonchev–Trinajstić information content (AvgIpc) is 2.76. The van der Waals surface area contributed by atoms with Crippen LogP contribution in [0.4, 0.5) is 0 Å². The summed E-state index contributed by atoms with van der Waals surface area (Å²) in [7, 11) is 0. The number of ether oxygens (including phenoxy) is 1. The van der Waals surface area contributed by atoms with Gasteiger partial charge >= 0.3 is 0 Å². The number of carbonyl (C=O) groups is 1. The first-order chi connectivity index (χ1) is 7.10. The summed E-state index contributed by atoms with van der Waals surface area (Å²) in [6.07, 6.45) is 0.965. The summed E-state index contributed by atoms with van der Waals surface area (Å²) >= 11 is 7.22. The Kier molecular flexibility index (Phi) is 3.11. The Balaban J connectivity index is 2.03. The third-order valence-corrected chi connectivity index (χ3v) is 3.73. The lowest BCUT2D eigenvalue weighted by molar-refractivity contribution is -0.123. The van der Waals surface area contributed by atoms with E-state index in [1.54, 1.807) is 0 Å². The number of carbonyl (C=O) groups excluding carboxylic acids is 1. The van der Waals surface area contributed by atoms with Crippen molar-refractivity contribution in [3.8, 4) is 0 Å². The van der Waals surface area contributed by atoms with Gasteiger partial charge in [-0.25, -0.2) is 0 Å². The van der Waals surface area contributed by atoms with Gasteiger partial charge in [-0.15, -0.1) is 11.3 Å². The number of nitrogens with two attached hydrogens (primary N) is 1. The van der Waals surface area contributed by atoms with Crippen LogP contribution in [0.25, 0.3) is 0 Å². The molecule has 0 amide bonds. The molecular formula is C10H12ClNO2S. The zero-order valence-electron chi connectivity index (χ0n) is 8.16. The van der Waals surface area contributed by atoms with Gasteiger partial charge in [0.05, 0.1) is 10.9 Å². The van der Waals surface area contributed by atoms with Crippen LogP contribution in [0.15, 0.2) is 11.4 Å². The molecule has 3 nitrogen and oxygen atoms in total. The fraction of sp³-hybridized carbons (Fsp3) is 0.500. The predicted octanol–water partition coefficient (Wildman–Crippen LogP) is 1.63. The molecule has 1 aliphatic heterocycles. The highest BCUT2D eigenvalue weighted by Gasteiger charge is 2.37. The number of Topliss-reactive ketones (excluding diaryl/α,β-unsaturated/α-hetero) is 1. The maximum atomic E-state index is 11.9. The summed E-state index contributed by atoms with van der Waals surface area (Å²) < 4.78 is 5.86. The molecule has 1 atom stereocenters. The molecule has 1 aliphatic rings. The molecule has 0 aromatic carbocycles. The molecule has 2 rings (SSSR count). The van der Waals surface area contributed by atoms with Crippen LogP contribution in [0.1, 0.15) is 12.0 Å². The summed E-state index contributed by atoms with van der Waals surface area (Å²) in [4.78, 5) is 11.9. The Morgan fingerprint density at radius 3 is 3.07 bits per heavy atom. The number of halogens is 1. The van der Waals surface area contributed by atoms with Crippen LogP contribution < -0.4 is 5.73 Å². The van der Waals surface area contributed by atoms with Crippen molar-refractivity contribution in [2.75, 3.05) is 13.2 Å². The van der Waals surface area contributed by atoms with Gasteiger partial charge < -0.3 is 10.5 Å². The van der Waals surface area contributed by atoms with Crippen LogP contribution in [-0.2, 0) is 16.0 Å². The van der Waals surface area contributed by atoms with Crippen molar-refractivity contribution in [1.82, 2.24) is 0 Å². The Bertz CT molecular complexity index is 371. The second kappa shape index (κ2) is 4.22. The van der Waals surface area contributed by atoms with Gasteiger partial charge in [-0.05, 0) is 23.4 Å². The van der Waals surface area contributed by atoms with Crippen LogP contribution in [0, 0.1) is 0 Å². The molecule has 0 bridgehead atoms. The second-order valence-corrected chi connectivity index (χ2v) is 5.36. The van der Waals surface area contributed by atoms with Crippen molar-refractivity contribution in [2.45, 2.75) is 18.4 Å². The zero-order chi connectivity index (χ0) is 10.9. The molecule has 0 spiro atoms. The molecule has 2 N–H and O–H groups in total. The Labute approximate surface area is 97.2 Å². The van der Waals surface area contributed by atoms with E-state index in [9.17, 15) is 4.79 Å². The van der Waals surface area contributed by atoms with E-state index in [0.29, 0.717) is 30.4 Å². The molecule has 1 saturated heterocycles. The lowest BCUT2D eigenvalue weighted by Crippen LogP contribution is -2.49. The van der Waals surface area contributed by atoms with Crippen molar-refractivity contribution < 1.29 is 9.53 Å². The molecular weight excluding hydrogens is 234 g/mol. The van der Waals surface area contributed by atoms with Crippen molar-refractivity contribution in [3.63, 3.8) is 0 Å². The standard InChI is InChI=1S/C10H12ClNO2S/c11-9-4-7(5-15-9)3-8(13)10(12)1-2-14-6-10/h4-5H,1-3,6,12H2. The highest BCUT2D eigenvalue weighted by molar-refractivity contribution is 7.14. The second-order valence-electron chi connectivity index (χ2n) is 3.82. The van der Waals surface area contributed by atoms with E-state index >= 15 is 0 Å². The predicted molar refractivity (Wildman–Crippen MR) is 60.4 cm³/mol. The molecule has 0 aliphatic carbocycles. The summed E-state index contributed by atoms with van der Waals surface area (Å²) in [6, 6.07) is 1.81. The van der Waals surface area contributed by atoms with Gasteiger partial charge in [0.15, 0.2) is 5.78 Å². The first kappa shape index (κ1) is 11.1. The molecule has 1 unspecified atom stereocenters. The van der Waals surface area contributed by atoms with E-state index in [1.165, 1.54) is 11.3 Å². The molecule has 15 heavy (non-hydrogen) atoms. The number of ketones is 1. The highest BCUT2D eigenvalue weighted by atomic mass is 35.5. The molecule has 2 heterocycles. The minimum atomic E-state index is -0.783. The van der Waals surface area contributed by atoms with Gasteiger partial charge in [0.1, 0.15) is 5.54 Å². The van der Waals surface area contributed by atoms with Crippen molar-refractivity contribution in [2.24, 2.45) is 5.73 Å². The lowest BCUT2D eigenvalue weighted by atomic mass is 9.91. The van der Waals surface area contributed by atoms with Gasteiger partial charge in [-0.1, -0.05) is 11.6 Å². The lowest BCUT2D eigenvalue weighted by Gasteiger charge is -2.19. The minimum Gasteiger partial charge on any atom is -0.379 e. The van der Waals surface area contributed by atoms with Crippen molar-refractivity contribution >= 4 is 28.7 Å². The summed E-state index contributed by atoms with van der Waals surface area (Å²) in [5.41, 5.74) is 6.11. The number of hydrogen-bond donors (Lipinski definition) is 1. The molecule has 1 fully saturated rings. The van der Waals surface area contributed by atoms with Crippen LogP contribution in [-0.4, -0.2) is 24.5 Å². The topological polar surface area (TPSA) is 52.3 Å². The van der Waals surface area contributed by atoms with Gasteiger partial charge in [0.25, 0.3) is 0 Å². The minimum absolute atomic E-state index is 0.0365. The smallest absolute Gasteiger partial charge is 0.159 e. The zero-order valence-corrected chi connectivity index (χ0v) is 9.74. The maximum Gasteiger partial charge on any atom is 0.159 e. The third kappa shape index (κ3) is 2.39. The van der Waals surface area contributed by atoms with Crippen LogP contribution in [0.5, 0.6) is 0 Å². The molecule has 5 heteroatoms. The van der Waals surface area contributed by atoms with Crippen molar-refractivity contribution in [3.05, 3.63) is 21.3 Å². The van der Waals surface area contributed by atoms with Gasteiger partial charge in [-0.2, -0.15) is 0 Å². The highest BCUT2D eigenvalue weighted by Crippen LogP contribution is 2.23. The SMILES string of the molecule is NC1(C(=O)Cc2csc(Cl)c2)CCOC1. The fourth-order valence-corrected chi connectivity index (χ4v) is 2.51. The van der Waals surface area contributed by atoms with E-state index in [4.69, 9.17) is 22.1 Å². The van der Waals surface area contributed by atoms with E-state index in [-0.39, 0.29) is 5.78 Å². The monoisotopic (exact) mass is 245 g/mol. The molecule has 0 saturated carbocycles. The normalized spacial score (nSPS) is 25.7. The van der Waals surface area contributed by atoms with Crippen LogP contribution in [0.2, 0.25) is 4.34 Å². The first-order valence-corrected chi connectivity index (χ1v) is 5.99. The third-order valence-electron chi connectivity index (χ3n) is 2.59. The van der Waals surface area contributed by atoms with Crippen LogP contribution >= 0.6 is 22.9 Å². The van der Waals surface area contributed by atoms with E-state index in [1.807, 2.05) is 11.4 Å². The van der Waals surface area contributed by atoms with Gasteiger partial charge in [0, 0.05) is 13.0 Å². The molecule has 0 radical (unpaired) electrons. The summed E-state index contributed by atoms with van der Waals surface area (Å²) in [6.45, 7) is 0.913. The Morgan fingerprint density at radius 2 is 2.53 bits per heavy atom. The number of rotatable bonds is 3. The molecule has 82 valence electrons. The number of hydrogen-bond acceptors (Lipinski definition) is 4. The van der Waals surface area contributed by atoms with E-state index < -0.39 is 5.54 Å². The summed E-state index contributed by atoms with van der Waals surface area (Å²) in [5.74, 6) is 0.0365. The Morgan fingerprint density at radius 1 is 1.73 bits per heavy atom. The fourth-order valence-electron chi connectivity index (χ4n) is 1.60.